The number of hydrogen-bond donors (Lipinski definition) is 1. The Morgan fingerprint density at radius 2 is 1.00 bits per heavy atom. The molecule has 7 heteroatoms. The molecular formula is C2H9Cl5O2. The zero-order valence-corrected chi connectivity index (χ0v) is 8.48. The van der Waals surface area contributed by atoms with Crippen LogP contribution in [0.2, 0.25) is 0 Å². The van der Waals surface area contributed by atoms with E-state index in [0.29, 0.717) is 0 Å². The summed E-state index contributed by atoms with van der Waals surface area (Å²) >= 11 is 0. The van der Waals surface area contributed by atoms with Gasteiger partial charge in [-0.25, -0.2) is 0 Å². The molecule has 9 heavy (non-hydrogen) atoms. The molecule has 0 aliphatic heterocycles. The van der Waals surface area contributed by atoms with Gasteiger partial charge in [-0.3, -0.25) is 4.79 Å². The van der Waals surface area contributed by atoms with Crippen LogP contribution in [0.3, 0.4) is 0 Å². The summed E-state index contributed by atoms with van der Waals surface area (Å²) in [7, 11) is 0. The number of carbonyl (C=O) groups is 1. The highest BCUT2D eigenvalue weighted by Crippen LogP contribution is 1.42. The number of hydrogen-bond acceptors (Lipinski definition) is 1. The summed E-state index contributed by atoms with van der Waals surface area (Å²) < 4.78 is 0. The zero-order valence-electron chi connectivity index (χ0n) is 4.40. The van der Waals surface area contributed by atoms with Gasteiger partial charge in [0, 0.05) is 6.92 Å². The fourth-order valence-electron chi connectivity index (χ4n) is 0. The minimum atomic E-state index is -0.833. The van der Waals surface area contributed by atoms with Crippen LogP contribution in [0.4, 0.5) is 0 Å². The van der Waals surface area contributed by atoms with Gasteiger partial charge in [0.05, 0.1) is 0 Å². The molecule has 0 bridgehead atoms. The molecule has 0 saturated heterocycles. The maximum atomic E-state index is 9.00. The second kappa shape index (κ2) is 36.4. The summed E-state index contributed by atoms with van der Waals surface area (Å²) in [6.07, 6.45) is 0. The van der Waals surface area contributed by atoms with Crippen LogP contribution in [0.5, 0.6) is 0 Å². The first-order valence-electron chi connectivity index (χ1n) is 0.928. The number of aliphatic carboxylic acids is 1. The molecule has 0 radical (unpaired) electrons. The Balaban J connectivity index is -0.00000000450. The van der Waals surface area contributed by atoms with Crippen molar-refractivity contribution in [1.29, 1.82) is 0 Å². The molecule has 1 N–H and O–H groups in total. The monoisotopic (exact) mass is 240 g/mol. The van der Waals surface area contributed by atoms with Crippen molar-refractivity contribution in [3.63, 3.8) is 0 Å². The lowest BCUT2D eigenvalue weighted by atomic mass is 10.9. The third-order valence-corrected chi connectivity index (χ3v) is 0. The minimum Gasteiger partial charge on any atom is -0.481 e. The molecular weight excluding hydrogens is 233 g/mol. The summed E-state index contributed by atoms with van der Waals surface area (Å²) in [6, 6.07) is 0. The first-order chi connectivity index (χ1) is 1.73. The molecule has 0 rings (SSSR count). The van der Waals surface area contributed by atoms with Crippen molar-refractivity contribution in [2.75, 3.05) is 0 Å². The van der Waals surface area contributed by atoms with Gasteiger partial charge in [-0.15, -0.1) is 62.0 Å². The van der Waals surface area contributed by atoms with Gasteiger partial charge in [-0.2, -0.15) is 0 Å². The SMILES string of the molecule is CC(=O)O.Cl.Cl.Cl.Cl.Cl. The summed E-state index contributed by atoms with van der Waals surface area (Å²) in [5.74, 6) is -0.833. The molecule has 2 nitrogen and oxygen atoms in total. The van der Waals surface area contributed by atoms with E-state index in [2.05, 4.69) is 0 Å². The Bertz CT molecular complexity index is 35.9. The van der Waals surface area contributed by atoms with Crippen molar-refractivity contribution < 1.29 is 9.90 Å². The van der Waals surface area contributed by atoms with Gasteiger partial charge < -0.3 is 5.11 Å². The van der Waals surface area contributed by atoms with Crippen molar-refractivity contribution in [2.24, 2.45) is 0 Å². The van der Waals surface area contributed by atoms with E-state index in [0.717, 1.165) is 6.92 Å². The highest BCUT2D eigenvalue weighted by molar-refractivity contribution is 5.86. The quantitative estimate of drug-likeness (QED) is 0.707. The molecule has 0 heterocycles. The van der Waals surface area contributed by atoms with E-state index in [1.165, 1.54) is 0 Å². The predicted molar refractivity (Wildman–Crippen MR) is 49.5 cm³/mol. The smallest absolute Gasteiger partial charge is 0.300 e. The van der Waals surface area contributed by atoms with Gasteiger partial charge in [0.25, 0.3) is 5.97 Å². The molecule has 0 saturated carbocycles. The van der Waals surface area contributed by atoms with E-state index in [9.17, 15) is 0 Å². The largest absolute Gasteiger partial charge is 0.481 e. The highest BCUT2D eigenvalue weighted by Gasteiger charge is 1.65. The lowest BCUT2D eigenvalue weighted by Crippen LogP contribution is -1.78. The summed E-state index contributed by atoms with van der Waals surface area (Å²) in [5.41, 5.74) is 0. The second-order valence-electron chi connectivity index (χ2n) is 0.519. The van der Waals surface area contributed by atoms with Crippen LogP contribution in [0.25, 0.3) is 0 Å². The van der Waals surface area contributed by atoms with Crippen LogP contribution < -0.4 is 0 Å². The van der Waals surface area contributed by atoms with E-state index in [-0.39, 0.29) is 62.0 Å². The molecule has 0 aromatic heterocycles. The molecule has 0 unspecified atom stereocenters. The average Bonchev–Trinajstić information content (AvgIpc) is 0.811. The summed E-state index contributed by atoms with van der Waals surface area (Å²) in [6.45, 7) is 1.08. The number of halogens is 5. The summed E-state index contributed by atoms with van der Waals surface area (Å²) in [5, 5.41) is 7.42. The predicted octanol–water partition coefficient (Wildman–Crippen LogP) is 2.20. The van der Waals surface area contributed by atoms with Crippen LogP contribution in [0, 0.1) is 0 Å². The van der Waals surface area contributed by atoms with Crippen LogP contribution >= 0.6 is 62.0 Å². The second-order valence-corrected chi connectivity index (χ2v) is 0.519. The fraction of sp³-hybridized carbons (Fsp3) is 0.500. The lowest BCUT2D eigenvalue weighted by molar-refractivity contribution is -0.134. The van der Waals surface area contributed by atoms with E-state index >= 15 is 0 Å². The van der Waals surface area contributed by atoms with E-state index in [1.807, 2.05) is 0 Å². The van der Waals surface area contributed by atoms with Crippen molar-refractivity contribution in [3.05, 3.63) is 0 Å². The Hall–Kier alpha value is 0.920. The molecule has 64 valence electrons. The van der Waals surface area contributed by atoms with Gasteiger partial charge in [-0.05, 0) is 0 Å². The number of carboxylic acid groups (broad SMARTS) is 1. The summed E-state index contributed by atoms with van der Waals surface area (Å²) in [4.78, 5) is 9.00. The van der Waals surface area contributed by atoms with Gasteiger partial charge in [0.1, 0.15) is 0 Å². The maximum absolute atomic E-state index is 9.00. The standard InChI is InChI=1S/C2H4O2.5ClH/c1-2(3)4;;;;;/h1H3,(H,3,4);5*1H. The molecule has 0 amide bonds. The molecule has 0 aromatic carbocycles. The molecule has 0 fully saturated rings. The Labute approximate surface area is 84.8 Å². The third kappa shape index (κ3) is 505. The topological polar surface area (TPSA) is 37.3 Å². The Kier molecular flexibility index (Phi) is 208. The van der Waals surface area contributed by atoms with Gasteiger partial charge in [0.15, 0.2) is 0 Å². The van der Waals surface area contributed by atoms with Crippen LogP contribution in [0.15, 0.2) is 0 Å². The van der Waals surface area contributed by atoms with Crippen LogP contribution in [-0.4, -0.2) is 11.1 Å². The van der Waals surface area contributed by atoms with Crippen LogP contribution in [-0.2, 0) is 4.79 Å². The zero-order chi connectivity index (χ0) is 3.58. The number of rotatable bonds is 0. The van der Waals surface area contributed by atoms with Gasteiger partial charge >= 0.3 is 0 Å². The third-order valence-electron chi connectivity index (χ3n) is 0. The normalized spacial score (nSPS) is 2.78. The maximum Gasteiger partial charge on any atom is 0.300 e. The molecule has 0 spiro atoms. The molecule has 0 aliphatic rings. The first kappa shape index (κ1) is 51.4. The fourth-order valence-corrected chi connectivity index (χ4v) is 0. The average molecular weight is 242 g/mol. The van der Waals surface area contributed by atoms with Crippen LogP contribution in [0.1, 0.15) is 6.92 Å². The van der Waals surface area contributed by atoms with E-state index in [1.54, 1.807) is 0 Å². The lowest BCUT2D eigenvalue weighted by Gasteiger charge is -1.59. The van der Waals surface area contributed by atoms with Crippen molar-refractivity contribution >= 4 is 68.0 Å². The number of carboxylic acids is 1. The molecule has 0 aromatic rings. The minimum absolute atomic E-state index is 0. The van der Waals surface area contributed by atoms with Crippen molar-refractivity contribution in [2.45, 2.75) is 6.92 Å². The van der Waals surface area contributed by atoms with E-state index in [4.69, 9.17) is 9.90 Å². The Morgan fingerprint density at radius 3 is 1.00 bits per heavy atom. The Morgan fingerprint density at radius 1 is 1.00 bits per heavy atom. The van der Waals surface area contributed by atoms with Gasteiger partial charge in [-0.1, -0.05) is 0 Å². The first-order valence-corrected chi connectivity index (χ1v) is 0.928. The highest BCUT2D eigenvalue weighted by atomic mass is 35.5. The molecule has 0 aliphatic carbocycles. The van der Waals surface area contributed by atoms with Crippen molar-refractivity contribution in [3.8, 4) is 0 Å². The van der Waals surface area contributed by atoms with Crippen molar-refractivity contribution in [1.82, 2.24) is 0 Å². The van der Waals surface area contributed by atoms with Gasteiger partial charge in [0.2, 0.25) is 0 Å². The van der Waals surface area contributed by atoms with E-state index < -0.39 is 5.97 Å². The molecule has 0 atom stereocenters.